The first-order valence-electron chi connectivity index (χ1n) is 6.00. The van der Waals surface area contributed by atoms with E-state index in [1.807, 2.05) is 13.8 Å². The second-order valence-corrected chi connectivity index (χ2v) is 4.15. The molecule has 1 rings (SSSR count). The van der Waals surface area contributed by atoms with Crippen LogP contribution in [0, 0.1) is 5.92 Å². The van der Waals surface area contributed by atoms with Gasteiger partial charge in [-0.3, -0.25) is 4.79 Å². The van der Waals surface area contributed by atoms with Gasteiger partial charge >= 0.3 is 0 Å². The predicted molar refractivity (Wildman–Crippen MR) is 70.6 cm³/mol. The Morgan fingerprint density at radius 2 is 2.28 bits per heavy atom. The fourth-order valence-electron chi connectivity index (χ4n) is 1.47. The summed E-state index contributed by atoms with van der Waals surface area (Å²) in [6, 6.07) is 5.07. The molecular weight excluding hydrogens is 232 g/mol. The van der Waals surface area contributed by atoms with Gasteiger partial charge in [-0.1, -0.05) is 13.0 Å². The van der Waals surface area contributed by atoms with Crippen molar-refractivity contribution in [3.63, 3.8) is 0 Å². The number of nitrogens with one attached hydrogen (secondary N) is 1. The highest BCUT2D eigenvalue weighted by Crippen LogP contribution is 2.26. The molecular formula is C13H20N2O3. The fourth-order valence-corrected chi connectivity index (χ4v) is 1.47. The van der Waals surface area contributed by atoms with Crippen LogP contribution >= 0.6 is 0 Å². The third-order valence-corrected chi connectivity index (χ3v) is 2.50. The summed E-state index contributed by atoms with van der Waals surface area (Å²) in [6.45, 7) is 4.58. The van der Waals surface area contributed by atoms with E-state index in [9.17, 15) is 4.79 Å². The number of anilines is 1. The minimum absolute atomic E-state index is 0.0190. The van der Waals surface area contributed by atoms with Crippen molar-refractivity contribution in [2.45, 2.75) is 13.8 Å². The molecule has 5 heteroatoms. The monoisotopic (exact) mass is 252 g/mol. The van der Waals surface area contributed by atoms with E-state index >= 15 is 0 Å². The van der Waals surface area contributed by atoms with E-state index in [-0.39, 0.29) is 18.4 Å². The standard InChI is InChI=1S/C13H20N2O3/c1-3-18-12-10(5-4-6-11(12)14)13(17)15-7-9(2)8-16/h4-6,9,16H,3,7-8,14H2,1-2H3,(H,15,17). The molecule has 1 aromatic carbocycles. The zero-order valence-corrected chi connectivity index (χ0v) is 10.8. The van der Waals surface area contributed by atoms with Crippen molar-refractivity contribution in [3.05, 3.63) is 23.8 Å². The minimum Gasteiger partial charge on any atom is -0.491 e. The number of carbonyl (C=O) groups excluding carboxylic acids is 1. The average Bonchev–Trinajstić information content (AvgIpc) is 2.38. The Balaban J connectivity index is 2.81. The normalized spacial score (nSPS) is 11.9. The topological polar surface area (TPSA) is 84.6 Å². The molecule has 18 heavy (non-hydrogen) atoms. The van der Waals surface area contributed by atoms with Crippen LogP contribution in [0.25, 0.3) is 0 Å². The Bertz CT molecular complexity index is 407. The molecule has 0 bridgehead atoms. The van der Waals surface area contributed by atoms with Crippen LogP contribution in [0.5, 0.6) is 5.75 Å². The van der Waals surface area contributed by atoms with Gasteiger partial charge in [-0.2, -0.15) is 0 Å². The maximum atomic E-state index is 12.0. The lowest BCUT2D eigenvalue weighted by molar-refractivity contribution is 0.0938. The van der Waals surface area contributed by atoms with Gasteiger partial charge in [-0.15, -0.1) is 0 Å². The number of aliphatic hydroxyl groups is 1. The van der Waals surface area contributed by atoms with E-state index in [1.165, 1.54) is 0 Å². The highest BCUT2D eigenvalue weighted by molar-refractivity contribution is 5.98. The number of ether oxygens (including phenoxy) is 1. The van der Waals surface area contributed by atoms with Crippen LogP contribution in [0.3, 0.4) is 0 Å². The van der Waals surface area contributed by atoms with Gasteiger partial charge in [0.15, 0.2) is 5.75 Å². The van der Waals surface area contributed by atoms with Gasteiger partial charge in [0.05, 0.1) is 17.9 Å². The van der Waals surface area contributed by atoms with Gasteiger partial charge in [-0.25, -0.2) is 0 Å². The Labute approximate surface area is 107 Å². The van der Waals surface area contributed by atoms with Crippen LogP contribution in [0.15, 0.2) is 18.2 Å². The van der Waals surface area contributed by atoms with E-state index in [2.05, 4.69) is 5.32 Å². The third kappa shape index (κ3) is 3.63. The summed E-state index contributed by atoms with van der Waals surface area (Å²) in [5.74, 6) is 0.186. The molecule has 0 aliphatic carbocycles. The van der Waals surface area contributed by atoms with E-state index in [1.54, 1.807) is 18.2 Å². The van der Waals surface area contributed by atoms with E-state index in [0.717, 1.165) is 0 Å². The maximum absolute atomic E-state index is 12.0. The van der Waals surface area contributed by atoms with Crippen molar-refractivity contribution in [1.29, 1.82) is 0 Å². The summed E-state index contributed by atoms with van der Waals surface area (Å²) in [5, 5.41) is 11.6. The van der Waals surface area contributed by atoms with Gasteiger partial charge in [0.25, 0.3) is 5.91 Å². The van der Waals surface area contributed by atoms with E-state index in [4.69, 9.17) is 15.6 Å². The summed E-state index contributed by atoms with van der Waals surface area (Å²) in [4.78, 5) is 12.0. The van der Waals surface area contributed by atoms with Crippen molar-refractivity contribution in [3.8, 4) is 5.75 Å². The van der Waals surface area contributed by atoms with Gasteiger partial charge < -0.3 is 20.9 Å². The third-order valence-electron chi connectivity index (χ3n) is 2.50. The van der Waals surface area contributed by atoms with Crippen LogP contribution in [-0.4, -0.2) is 30.8 Å². The Hall–Kier alpha value is -1.75. The Morgan fingerprint density at radius 1 is 1.56 bits per heavy atom. The van der Waals surface area contributed by atoms with Crippen molar-refractivity contribution < 1.29 is 14.6 Å². The summed E-state index contributed by atoms with van der Waals surface area (Å²) in [6.07, 6.45) is 0. The SMILES string of the molecule is CCOc1c(N)cccc1C(=O)NCC(C)CO. The number of hydrogen-bond donors (Lipinski definition) is 3. The number of carbonyl (C=O) groups is 1. The minimum atomic E-state index is -0.244. The number of para-hydroxylation sites is 1. The molecule has 0 aliphatic rings. The number of nitrogen functional groups attached to an aromatic ring is 1. The molecule has 100 valence electrons. The first-order valence-corrected chi connectivity index (χ1v) is 6.00. The average molecular weight is 252 g/mol. The highest BCUT2D eigenvalue weighted by Gasteiger charge is 2.15. The van der Waals surface area contributed by atoms with E-state index in [0.29, 0.717) is 30.2 Å². The molecule has 0 spiro atoms. The molecule has 5 nitrogen and oxygen atoms in total. The van der Waals surface area contributed by atoms with Gasteiger partial charge in [0.2, 0.25) is 0 Å². The lowest BCUT2D eigenvalue weighted by Crippen LogP contribution is -2.30. The molecule has 0 heterocycles. The highest BCUT2D eigenvalue weighted by atomic mass is 16.5. The molecule has 1 unspecified atom stereocenters. The zero-order chi connectivity index (χ0) is 13.5. The molecule has 0 saturated heterocycles. The number of rotatable bonds is 6. The van der Waals surface area contributed by atoms with Crippen molar-refractivity contribution in [1.82, 2.24) is 5.32 Å². The maximum Gasteiger partial charge on any atom is 0.255 e. The molecule has 0 radical (unpaired) electrons. The zero-order valence-electron chi connectivity index (χ0n) is 10.8. The van der Waals surface area contributed by atoms with Crippen molar-refractivity contribution in [2.75, 3.05) is 25.5 Å². The molecule has 0 aliphatic heterocycles. The number of amides is 1. The summed E-state index contributed by atoms with van der Waals surface area (Å²) >= 11 is 0. The molecule has 0 fully saturated rings. The lowest BCUT2D eigenvalue weighted by atomic mass is 10.1. The summed E-state index contributed by atoms with van der Waals surface area (Å²) in [7, 11) is 0. The molecule has 0 saturated carbocycles. The molecule has 4 N–H and O–H groups in total. The van der Waals surface area contributed by atoms with Crippen LogP contribution in [0.4, 0.5) is 5.69 Å². The van der Waals surface area contributed by atoms with E-state index < -0.39 is 0 Å². The van der Waals surface area contributed by atoms with Crippen LogP contribution < -0.4 is 15.8 Å². The first kappa shape index (κ1) is 14.3. The second kappa shape index (κ2) is 6.86. The lowest BCUT2D eigenvalue weighted by Gasteiger charge is -2.14. The number of nitrogens with two attached hydrogens (primary N) is 1. The smallest absolute Gasteiger partial charge is 0.255 e. The molecule has 1 atom stereocenters. The Kier molecular flexibility index (Phi) is 5.45. The predicted octanol–water partition coefficient (Wildman–Crippen LogP) is 1.03. The summed E-state index contributed by atoms with van der Waals surface area (Å²) in [5.41, 5.74) is 6.65. The van der Waals surface area contributed by atoms with Crippen LogP contribution in [0.2, 0.25) is 0 Å². The van der Waals surface area contributed by atoms with Crippen molar-refractivity contribution >= 4 is 11.6 Å². The van der Waals surface area contributed by atoms with Gasteiger partial charge in [0.1, 0.15) is 0 Å². The first-order chi connectivity index (χ1) is 8.60. The molecule has 0 aromatic heterocycles. The van der Waals surface area contributed by atoms with Crippen LogP contribution in [0.1, 0.15) is 24.2 Å². The molecule has 1 aromatic rings. The van der Waals surface area contributed by atoms with Gasteiger partial charge in [-0.05, 0) is 25.0 Å². The quantitative estimate of drug-likeness (QED) is 0.660. The fraction of sp³-hybridized carbons (Fsp3) is 0.462. The number of benzene rings is 1. The Morgan fingerprint density at radius 3 is 2.89 bits per heavy atom. The number of hydrogen-bond acceptors (Lipinski definition) is 4. The van der Waals surface area contributed by atoms with Crippen molar-refractivity contribution in [2.24, 2.45) is 5.92 Å². The summed E-state index contributed by atoms with van der Waals surface area (Å²) < 4.78 is 5.39. The largest absolute Gasteiger partial charge is 0.491 e. The second-order valence-electron chi connectivity index (χ2n) is 4.15. The van der Waals surface area contributed by atoms with Crippen LogP contribution in [-0.2, 0) is 0 Å². The number of aliphatic hydroxyl groups excluding tert-OH is 1. The molecule has 1 amide bonds. The van der Waals surface area contributed by atoms with Gasteiger partial charge in [0, 0.05) is 13.2 Å².